The monoisotopic (exact) mass is 444 g/mol. The summed E-state index contributed by atoms with van der Waals surface area (Å²) in [4.78, 5) is 13.1. The molecule has 4 aromatic rings. The van der Waals surface area contributed by atoms with Gasteiger partial charge in [0, 0.05) is 5.69 Å². The van der Waals surface area contributed by atoms with Crippen molar-refractivity contribution in [3.8, 4) is 6.07 Å². The van der Waals surface area contributed by atoms with Crippen molar-refractivity contribution in [3.05, 3.63) is 117 Å². The summed E-state index contributed by atoms with van der Waals surface area (Å²) in [6.07, 6.45) is 2.46. The normalized spacial score (nSPS) is 11.3. The van der Waals surface area contributed by atoms with Gasteiger partial charge >= 0.3 is 0 Å². The molecule has 34 heavy (non-hydrogen) atoms. The van der Waals surface area contributed by atoms with Crippen LogP contribution in [0.2, 0.25) is 0 Å². The smallest absolute Gasteiger partial charge is 0.266 e. The predicted octanol–water partition coefficient (Wildman–Crippen LogP) is 7.21. The van der Waals surface area contributed by atoms with Gasteiger partial charge < -0.3 is 5.32 Å². The van der Waals surface area contributed by atoms with Crippen LogP contribution >= 0.6 is 0 Å². The summed E-state index contributed by atoms with van der Waals surface area (Å²) in [5, 5.41) is 14.9. The number of anilines is 1. The van der Waals surface area contributed by atoms with E-state index in [9.17, 15) is 10.1 Å². The van der Waals surface area contributed by atoms with Crippen molar-refractivity contribution in [2.24, 2.45) is 0 Å². The lowest BCUT2D eigenvalue weighted by atomic mass is 9.92. The molecule has 0 fully saturated rings. The van der Waals surface area contributed by atoms with Crippen LogP contribution in [0.5, 0.6) is 0 Å². The second-order valence-corrected chi connectivity index (χ2v) is 8.90. The highest BCUT2D eigenvalue weighted by Gasteiger charge is 2.15. The SMILES string of the molecule is Cc1cc(C)cc(Cc2ccc3ccccc3c2/C=C(\C#N)C(=O)Nc2cccc(C)c2C)c1. The fourth-order valence-corrected chi connectivity index (χ4v) is 4.43. The van der Waals surface area contributed by atoms with Gasteiger partial charge in [-0.25, -0.2) is 0 Å². The topological polar surface area (TPSA) is 52.9 Å². The largest absolute Gasteiger partial charge is 0.321 e. The second kappa shape index (κ2) is 9.77. The maximum atomic E-state index is 13.1. The quantitative estimate of drug-likeness (QED) is 0.261. The number of benzene rings is 4. The molecule has 1 N–H and O–H groups in total. The van der Waals surface area contributed by atoms with Crippen molar-refractivity contribution < 1.29 is 4.79 Å². The van der Waals surface area contributed by atoms with Gasteiger partial charge in [-0.2, -0.15) is 5.26 Å². The van der Waals surface area contributed by atoms with Crippen molar-refractivity contribution in [2.45, 2.75) is 34.1 Å². The third-order valence-corrected chi connectivity index (χ3v) is 6.24. The first-order valence-corrected chi connectivity index (χ1v) is 11.4. The molecule has 1 amide bonds. The summed E-state index contributed by atoms with van der Waals surface area (Å²) in [7, 11) is 0. The zero-order chi connectivity index (χ0) is 24.2. The fraction of sp³-hybridized carbons (Fsp3) is 0.161. The van der Waals surface area contributed by atoms with Gasteiger partial charge in [0.25, 0.3) is 5.91 Å². The van der Waals surface area contributed by atoms with E-state index >= 15 is 0 Å². The predicted molar refractivity (Wildman–Crippen MR) is 141 cm³/mol. The lowest BCUT2D eigenvalue weighted by molar-refractivity contribution is -0.112. The van der Waals surface area contributed by atoms with Crippen molar-refractivity contribution in [3.63, 3.8) is 0 Å². The Hall–Kier alpha value is -4.16. The summed E-state index contributed by atoms with van der Waals surface area (Å²) in [6.45, 7) is 8.17. The fourth-order valence-electron chi connectivity index (χ4n) is 4.43. The van der Waals surface area contributed by atoms with Gasteiger partial charge in [-0.15, -0.1) is 0 Å². The van der Waals surface area contributed by atoms with Crippen LogP contribution in [0.1, 0.15) is 38.9 Å². The maximum Gasteiger partial charge on any atom is 0.266 e. The van der Waals surface area contributed by atoms with Crippen LogP contribution in [0.25, 0.3) is 16.8 Å². The molecule has 4 rings (SSSR count). The zero-order valence-electron chi connectivity index (χ0n) is 20.1. The van der Waals surface area contributed by atoms with E-state index in [-0.39, 0.29) is 5.57 Å². The summed E-state index contributed by atoms with van der Waals surface area (Å²) in [5.74, 6) is -0.401. The van der Waals surface area contributed by atoms with Crippen LogP contribution in [0, 0.1) is 39.0 Å². The van der Waals surface area contributed by atoms with E-state index in [2.05, 4.69) is 61.6 Å². The Morgan fingerprint density at radius 2 is 1.65 bits per heavy atom. The zero-order valence-corrected chi connectivity index (χ0v) is 20.1. The Bertz CT molecular complexity index is 1450. The third-order valence-electron chi connectivity index (χ3n) is 6.24. The highest BCUT2D eigenvalue weighted by molar-refractivity contribution is 6.11. The molecule has 0 aliphatic heterocycles. The first-order valence-electron chi connectivity index (χ1n) is 11.4. The molecule has 0 heterocycles. The number of aryl methyl sites for hydroxylation is 3. The first-order chi connectivity index (χ1) is 16.4. The minimum atomic E-state index is -0.401. The molecular formula is C31H28N2O. The van der Waals surface area contributed by atoms with E-state index in [1.54, 1.807) is 6.08 Å². The van der Waals surface area contributed by atoms with Crippen LogP contribution < -0.4 is 5.32 Å². The van der Waals surface area contributed by atoms with Crippen molar-refractivity contribution in [1.82, 2.24) is 0 Å². The van der Waals surface area contributed by atoms with Crippen LogP contribution in [0.15, 0.2) is 78.4 Å². The number of carbonyl (C=O) groups is 1. The summed E-state index contributed by atoms with van der Waals surface area (Å²) in [5.41, 5.74) is 8.52. The van der Waals surface area contributed by atoms with Crippen LogP contribution in [0.4, 0.5) is 5.69 Å². The van der Waals surface area contributed by atoms with Crippen molar-refractivity contribution in [2.75, 3.05) is 5.32 Å². The molecule has 0 aromatic heterocycles. The summed E-state index contributed by atoms with van der Waals surface area (Å²) in [6, 6.07) is 26.7. The minimum Gasteiger partial charge on any atom is -0.321 e. The van der Waals surface area contributed by atoms with Crippen LogP contribution in [-0.2, 0) is 11.2 Å². The molecule has 4 aromatic carbocycles. The Balaban J connectivity index is 1.79. The number of nitrogens with zero attached hydrogens (tertiary/aromatic N) is 1. The summed E-state index contributed by atoms with van der Waals surface area (Å²) < 4.78 is 0. The van der Waals surface area contributed by atoms with Crippen LogP contribution in [0.3, 0.4) is 0 Å². The van der Waals surface area contributed by atoms with Crippen molar-refractivity contribution >= 4 is 28.4 Å². The van der Waals surface area contributed by atoms with E-state index in [4.69, 9.17) is 0 Å². The molecule has 3 nitrogen and oxygen atoms in total. The average molecular weight is 445 g/mol. The molecule has 0 aliphatic rings. The Morgan fingerprint density at radius 1 is 0.912 bits per heavy atom. The number of nitriles is 1. The standard InChI is InChI=1S/C31H28N2O/c1-20-14-21(2)16-24(15-20)17-26-13-12-25-9-5-6-10-28(25)29(26)18-27(19-32)31(34)33-30-11-7-8-22(3)23(30)4/h5-16,18H,17H2,1-4H3,(H,33,34)/b27-18+. The highest BCUT2D eigenvalue weighted by atomic mass is 16.1. The van der Waals surface area contributed by atoms with E-state index in [0.717, 1.165) is 45.1 Å². The number of nitrogens with one attached hydrogen (secondary N) is 1. The lowest BCUT2D eigenvalue weighted by Gasteiger charge is -2.13. The Morgan fingerprint density at radius 3 is 2.38 bits per heavy atom. The van der Waals surface area contributed by atoms with Gasteiger partial charge in [0.2, 0.25) is 0 Å². The number of carbonyl (C=O) groups excluding carboxylic acids is 1. The maximum absolute atomic E-state index is 13.1. The molecule has 0 spiro atoms. The van der Waals surface area contributed by atoms with E-state index in [1.165, 1.54) is 16.7 Å². The molecule has 3 heteroatoms. The molecule has 0 unspecified atom stereocenters. The van der Waals surface area contributed by atoms with Gasteiger partial charge in [-0.05, 0) is 84.8 Å². The van der Waals surface area contributed by atoms with Gasteiger partial charge in [0.1, 0.15) is 11.6 Å². The lowest BCUT2D eigenvalue weighted by Crippen LogP contribution is -2.14. The molecule has 0 atom stereocenters. The van der Waals surface area contributed by atoms with E-state index in [1.807, 2.05) is 50.2 Å². The molecule has 0 radical (unpaired) electrons. The number of hydrogen-bond acceptors (Lipinski definition) is 2. The molecule has 168 valence electrons. The first kappa shape index (κ1) is 23.0. The highest BCUT2D eigenvalue weighted by Crippen LogP contribution is 2.28. The van der Waals surface area contributed by atoms with Gasteiger partial charge in [0.05, 0.1) is 0 Å². The number of amides is 1. The minimum absolute atomic E-state index is 0.0823. The second-order valence-electron chi connectivity index (χ2n) is 8.90. The number of hydrogen-bond donors (Lipinski definition) is 1. The third kappa shape index (κ3) is 4.92. The van der Waals surface area contributed by atoms with Crippen LogP contribution in [-0.4, -0.2) is 5.91 Å². The van der Waals surface area contributed by atoms with E-state index in [0.29, 0.717) is 0 Å². The molecule has 0 saturated heterocycles. The Kier molecular flexibility index (Phi) is 6.61. The summed E-state index contributed by atoms with van der Waals surface area (Å²) >= 11 is 0. The van der Waals surface area contributed by atoms with Crippen molar-refractivity contribution in [1.29, 1.82) is 5.26 Å². The molecular weight excluding hydrogens is 416 g/mol. The number of rotatable bonds is 5. The molecule has 0 saturated carbocycles. The van der Waals surface area contributed by atoms with E-state index < -0.39 is 5.91 Å². The number of fused-ring (bicyclic) bond motifs is 1. The molecule has 0 bridgehead atoms. The van der Waals surface area contributed by atoms with Gasteiger partial charge in [-0.3, -0.25) is 4.79 Å². The molecule has 0 aliphatic carbocycles. The Labute approximate surface area is 201 Å². The van der Waals surface area contributed by atoms with Gasteiger partial charge in [0.15, 0.2) is 0 Å². The average Bonchev–Trinajstić information content (AvgIpc) is 2.80. The van der Waals surface area contributed by atoms with Gasteiger partial charge in [-0.1, -0.05) is 77.9 Å².